The van der Waals surface area contributed by atoms with Crippen LogP contribution in [0, 0.1) is 6.92 Å². The minimum absolute atomic E-state index is 0.595. The summed E-state index contributed by atoms with van der Waals surface area (Å²) in [6.07, 6.45) is 1.77. The topological polar surface area (TPSA) is 64.9 Å². The van der Waals surface area contributed by atoms with Crippen LogP contribution >= 0.6 is 0 Å². The molecule has 15 heavy (non-hydrogen) atoms. The fourth-order valence-corrected chi connectivity index (χ4v) is 1.51. The fourth-order valence-electron chi connectivity index (χ4n) is 1.51. The van der Waals surface area contributed by atoms with E-state index < -0.39 is 0 Å². The Hall–Kier alpha value is -2.03. The van der Waals surface area contributed by atoms with Gasteiger partial charge >= 0.3 is 0 Å². The summed E-state index contributed by atoms with van der Waals surface area (Å²) in [7, 11) is 0. The minimum atomic E-state index is 0.595. The van der Waals surface area contributed by atoms with Gasteiger partial charge in [0, 0.05) is 11.8 Å². The fraction of sp³-hybridized carbons (Fsp3) is 0.0833. The SMILES string of the molecule is Cc1cccnc1-c1ccc(N)c(N)c1. The van der Waals surface area contributed by atoms with E-state index in [0.29, 0.717) is 11.4 Å². The second-order valence-corrected chi connectivity index (χ2v) is 3.51. The lowest BCUT2D eigenvalue weighted by Crippen LogP contribution is -1.95. The van der Waals surface area contributed by atoms with Crippen LogP contribution in [0.25, 0.3) is 11.3 Å². The Kier molecular flexibility index (Phi) is 2.29. The molecule has 0 amide bonds. The summed E-state index contributed by atoms with van der Waals surface area (Å²) in [5, 5.41) is 0. The number of rotatable bonds is 1. The number of nitrogens with two attached hydrogens (primary N) is 2. The largest absolute Gasteiger partial charge is 0.397 e. The molecule has 0 atom stereocenters. The van der Waals surface area contributed by atoms with Crippen LogP contribution in [0.4, 0.5) is 11.4 Å². The monoisotopic (exact) mass is 199 g/mol. The van der Waals surface area contributed by atoms with Crippen molar-refractivity contribution in [3.05, 3.63) is 42.1 Å². The van der Waals surface area contributed by atoms with Crippen molar-refractivity contribution in [3.8, 4) is 11.3 Å². The molecule has 76 valence electrons. The van der Waals surface area contributed by atoms with Crippen LogP contribution in [0.2, 0.25) is 0 Å². The molecular weight excluding hydrogens is 186 g/mol. The molecule has 2 aromatic rings. The second-order valence-electron chi connectivity index (χ2n) is 3.51. The highest BCUT2D eigenvalue weighted by atomic mass is 14.7. The van der Waals surface area contributed by atoms with E-state index >= 15 is 0 Å². The molecule has 1 aromatic carbocycles. The van der Waals surface area contributed by atoms with Gasteiger partial charge in [-0.3, -0.25) is 4.98 Å². The van der Waals surface area contributed by atoms with E-state index in [1.54, 1.807) is 12.3 Å². The van der Waals surface area contributed by atoms with E-state index in [1.165, 1.54) is 0 Å². The third-order valence-electron chi connectivity index (χ3n) is 2.37. The summed E-state index contributed by atoms with van der Waals surface area (Å²) in [6, 6.07) is 9.53. The number of anilines is 2. The van der Waals surface area contributed by atoms with Crippen LogP contribution < -0.4 is 11.5 Å². The maximum absolute atomic E-state index is 5.76. The van der Waals surface area contributed by atoms with Gasteiger partial charge in [-0.15, -0.1) is 0 Å². The number of hydrogen-bond donors (Lipinski definition) is 2. The van der Waals surface area contributed by atoms with E-state index in [-0.39, 0.29) is 0 Å². The summed E-state index contributed by atoms with van der Waals surface area (Å²) < 4.78 is 0. The minimum Gasteiger partial charge on any atom is -0.397 e. The summed E-state index contributed by atoms with van der Waals surface area (Å²) in [5.41, 5.74) is 15.7. The highest BCUT2D eigenvalue weighted by Crippen LogP contribution is 2.25. The summed E-state index contributed by atoms with van der Waals surface area (Å²) in [6.45, 7) is 2.02. The molecule has 0 saturated carbocycles. The number of nitrogen functional groups attached to an aromatic ring is 2. The highest BCUT2D eigenvalue weighted by molar-refractivity contribution is 5.74. The van der Waals surface area contributed by atoms with Crippen molar-refractivity contribution in [3.63, 3.8) is 0 Å². The maximum atomic E-state index is 5.76. The van der Waals surface area contributed by atoms with E-state index in [0.717, 1.165) is 16.8 Å². The molecule has 0 aliphatic rings. The molecule has 0 aliphatic carbocycles. The average Bonchev–Trinajstić information content (AvgIpc) is 2.23. The first-order chi connectivity index (χ1) is 7.18. The molecule has 1 aromatic heterocycles. The molecular formula is C12H13N3. The number of pyridine rings is 1. The van der Waals surface area contributed by atoms with Gasteiger partial charge in [-0.05, 0) is 30.7 Å². The van der Waals surface area contributed by atoms with Gasteiger partial charge in [-0.25, -0.2) is 0 Å². The van der Waals surface area contributed by atoms with Gasteiger partial charge < -0.3 is 11.5 Å². The highest BCUT2D eigenvalue weighted by Gasteiger charge is 2.03. The number of nitrogens with zero attached hydrogens (tertiary/aromatic N) is 1. The standard InChI is InChI=1S/C12H13N3/c1-8-3-2-6-15-12(8)9-4-5-10(13)11(14)7-9/h2-7H,13-14H2,1H3. The van der Waals surface area contributed by atoms with Crippen molar-refractivity contribution >= 4 is 11.4 Å². The van der Waals surface area contributed by atoms with E-state index in [4.69, 9.17) is 11.5 Å². The van der Waals surface area contributed by atoms with Gasteiger partial charge in [0.15, 0.2) is 0 Å². The lowest BCUT2D eigenvalue weighted by molar-refractivity contribution is 1.27. The first-order valence-electron chi connectivity index (χ1n) is 4.75. The van der Waals surface area contributed by atoms with Gasteiger partial charge in [0.2, 0.25) is 0 Å². The molecule has 0 spiro atoms. The molecule has 3 nitrogen and oxygen atoms in total. The Bertz CT molecular complexity index is 492. The predicted molar refractivity (Wildman–Crippen MR) is 63.2 cm³/mol. The van der Waals surface area contributed by atoms with Crippen LogP contribution in [-0.4, -0.2) is 4.98 Å². The number of hydrogen-bond acceptors (Lipinski definition) is 3. The lowest BCUT2D eigenvalue weighted by Gasteiger charge is -2.06. The van der Waals surface area contributed by atoms with E-state index in [9.17, 15) is 0 Å². The first-order valence-corrected chi connectivity index (χ1v) is 4.75. The van der Waals surface area contributed by atoms with Crippen LogP contribution in [-0.2, 0) is 0 Å². The van der Waals surface area contributed by atoms with Crippen molar-refractivity contribution in [1.29, 1.82) is 0 Å². The lowest BCUT2D eigenvalue weighted by atomic mass is 10.1. The molecule has 0 aliphatic heterocycles. The molecule has 0 fully saturated rings. The molecule has 3 heteroatoms. The summed E-state index contributed by atoms with van der Waals surface area (Å²) in [4.78, 5) is 4.32. The summed E-state index contributed by atoms with van der Waals surface area (Å²) in [5.74, 6) is 0. The normalized spacial score (nSPS) is 10.2. The van der Waals surface area contributed by atoms with Gasteiger partial charge in [0.1, 0.15) is 0 Å². The smallest absolute Gasteiger partial charge is 0.0731 e. The zero-order valence-electron chi connectivity index (χ0n) is 8.57. The predicted octanol–water partition coefficient (Wildman–Crippen LogP) is 2.22. The Labute approximate surface area is 88.8 Å². The quantitative estimate of drug-likeness (QED) is 0.692. The third kappa shape index (κ3) is 1.76. The molecule has 0 radical (unpaired) electrons. The summed E-state index contributed by atoms with van der Waals surface area (Å²) >= 11 is 0. The van der Waals surface area contributed by atoms with Crippen molar-refractivity contribution in [1.82, 2.24) is 4.98 Å². The van der Waals surface area contributed by atoms with Crippen molar-refractivity contribution in [2.24, 2.45) is 0 Å². The third-order valence-corrected chi connectivity index (χ3v) is 2.37. The Morgan fingerprint density at radius 1 is 1.07 bits per heavy atom. The Balaban J connectivity index is 2.55. The van der Waals surface area contributed by atoms with Crippen molar-refractivity contribution in [2.45, 2.75) is 6.92 Å². The van der Waals surface area contributed by atoms with Crippen molar-refractivity contribution < 1.29 is 0 Å². The van der Waals surface area contributed by atoms with Gasteiger partial charge in [-0.2, -0.15) is 0 Å². The number of aromatic nitrogens is 1. The Morgan fingerprint density at radius 3 is 2.53 bits per heavy atom. The van der Waals surface area contributed by atoms with Gasteiger partial charge in [0.05, 0.1) is 17.1 Å². The molecule has 2 rings (SSSR count). The van der Waals surface area contributed by atoms with Crippen LogP contribution in [0.1, 0.15) is 5.56 Å². The molecule has 0 unspecified atom stereocenters. The average molecular weight is 199 g/mol. The zero-order chi connectivity index (χ0) is 10.8. The maximum Gasteiger partial charge on any atom is 0.0731 e. The van der Waals surface area contributed by atoms with Gasteiger partial charge in [-0.1, -0.05) is 12.1 Å². The number of aryl methyl sites for hydroxylation is 1. The second kappa shape index (κ2) is 3.61. The first kappa shape index (κ1) is 9.52. The van der Waals surface area contributed by atoms with E-state index in [1.807, 2.05) is 31.2 Å². The molecule has 0 bridgehead atoms. The van der Waals surface area contributed by atoms with Crippen LogP contribution in [0.15, 0.2) is 36.5 Å². The zero-order valence-corrected chi connectivity index (χ0v) is 8.57. The number of benzene rings is 1. The van der Waals surface area contributed by atoms with Crippen LogP contribution in [0.3, 0.4) is 0 Å². The van der Waals surface area contributed by atoms with Gasteiger partial charge in [0.25, 0.3) is 0 Å². The molecule has 4 N–H and O–H groups in total. The molecule has 1 heterocycles. The molecule has 0 saturated heterocycles. The van der Waals surface area contributed by atoms with Crippen molar-refractivity contribution in [2.75, 3.05) is 11.5 Å². The Morgan fingerprint density at radius 2 is 1.87 bits per heavy atom. The van der Waals surface area contributed by atoms with Crippen LogP contribution in [0.5, 0.6) is 0 Å². The van der Waals surface area contributed by atoms with E-state index in [2.05, 4.69) is 4.98 Å².